The Kier molecular flexibility index (Phi) is 8.94. The summed E-state index contributed by atoms with van der Waals surface area (Å²) in [6, 6.07) is 2.51. The van der Waals surface area contributed by atoms with Crippen molar-refractivity contribution in [2.24, 2.45) is 0 Å². The van der Waals surface area contributed by atoms with Gasteiger partial charge in [-0.25, -0.2) is 4.79 Å². The highest BCUT2D eigenvalue weighted by Crippen LogP contribution is 2.64. The van der Waals surface area contributed by atoms with E-state index in [1.165, 1.54) is 6.92 Å². The van der Waals surface area contributed by atoms with Gasteiger partial charge in [0.1, 0.15) is 0 Å². The van der Waals surface area contributed by atoms with E-state index in [1.54, 1.807) is 0 Å². The topological polar surface area (TPSA) is 46.5 Å². The van der Waals surface area contributed by atoms with Crippen molar-refractivity contribution in [3.8, 4) is 0 Å². The number of ether oxygens (including phenoxy) is 1. The summed E-state index contributed by atoms with van der Waals surface area (Å²) in [5, 5.41) is 10.1. The SMILES string of the molecule is CCOC(=O)c1ccc(C(C)(O)CC(F)(F)C(F)(F)C(F)(F)C(F)(F)C(F)(F)C(F)(F)C(F)(F)C(F)(F)F)cc1. The van der Waals surface area contributed by atoms with Gasteiger partial charge in [-0.2, -0.15) is 74.6 Å². The molecule has 40 heavy (non-hydrogen) atoms. The molecule has 3 nitrogen and oxygen atoms in total. The number of rotatable bonds is 11. The average Bonchev–Trinajstić information content (AvgIpc) is 2.77. The van der Waals surface area contributed by atoms with Crippen LogP contribution < -0.4 is 0 Å². The second kappa shape index (κ2) is 10.1. The van der Waals surface area contributed by atoms with E-state index in [2.05, 4.69) is 4.74 Å². The Bertz CT molecular complexity index is 1060. The number of hydrogen-bond donors (Lipinski definition) is 1. The number of esters is 1. The zero-order valence-electron chi connectivity index (χ0n) is 19.4. The molecule has 0 aliphatic rings. The van der Waals surface area contributed by atoms with Crippen molar-refractivity contribution >= 4 is 5.97 Å². The summed E-state index contributed by atoms with van der Waals surface area (Å²) in [4.78, 5) is 11.6. The monoisotopic (exact) mass is 626 g/mol. The molecule has 0 saturated heterocycles. The predicted molar refractivity (Wildman–Crippen MR) is 97.3 cm³/mol. The van der Waals surface area contributed by atoms with E-state index < -0.39 is 71.2 Å². The molecule has 0 spiro atoms. The maximum absolute atomic E-state index is 14.3. The van der Waals surface area contributed by atoms with Gasteiger partial charge in [-0.15, -0.1) is 0 Å². The van der Waals surface area contributed by atoms with E-state index in [1.807, 2.05) is 0 Å². The predicted octanol–water partition coefficient (Wildman–Crippen LogP) is 7.47. The minimum absolute atomic E-state index is 0.166. The van der Waals surface area contributed by atoms with Crippen LogP contribution in [-0.4, -0.2) is 65.3 Å². The lowest BCUT2D eigenvalue weighted by atomic mass is 9.83. The van der Waals surface area contributed by atoms with E-state index in [-0.39, 0.29) is 19.1 Å². The smallest absolute Gasteiger partial charge is 0.460 e. The number of halogens is 17. The highest BCUT2D eigenvalue weighted by atomic mass is 19.4. The van der Waals surface area contributed by atoms with E-state index in [4.69, 9.17) is 0 Å². The second-order valence-corrected chi connectivity index (χ2v) is 8.40. The lowest BCUT2D eigenvalue weighted by Gasteiger charge is -2.43. The summed E-state index contributed by atoms with van der Waals surface area (Å²) in [6.45, 7) is 1.36. The largest absolute Gasteiger partial charge is 0.462 e. The summed E-state index contributed by atoms with van der Waals surface area (Å²) in [5.41, 5.74) is -4.74. The van der Waals surface area contributed by atoms with Crippen LogP contribution in [0.3, 0.4) is 0 Å². The summed E-state index contributed by atoms with van der Waals surface area (Å²) >= 11 is 0. The van der Waals surface area contributed by atoms with Crippen molar-refractivity contribution in [3.05, 3.63) is 35.4 Å². The van der Waals surface area contributed by atoms with E-state index in [9.17, 15) is 84.5 Å². The zero-order chi connectivity index (χ0) is 32.2. The van der Waals surface area contributed by atoms with E-state index >= 15 is 0 Å². The Morgan fingerprint density at radius 1 is 0.650 bits per heavy atom. The quantitative estimate of drug-likeness (QED) is 0.205. The van der Waals surface area contributed by atoms with E-state index in [0.29, 0.717) is 24.3 Å². The molecule has 1 aromatic rings. The van der Waals surface area contributed by atoms with Crippen LogP contribution in [0.1, 0.15) is 36.2 Å². The normalized spacial score (nSPS) is 16.5. The Labute approximate surface area is 211 Å². The van der Waals surface area contributed by atoms with Gasteiger partial charge < -0.3 is 9.84 Å². The molecule has 1 N–H and O–H groups in total. The van der Waals surface area contributed by atoms with E-state index in [0.717, 1.165) is 0 Å². The first-order valence-corrected chi connectivity index (χ1v) is 10.1. The van der Waals surface area contributed by atoms with Crippen LogP contribution in [0.25, 0.3) is 0 Å². The Morgan fingerprint density at radius 2 is 1.00 bits per heavy atom. The fourth-order valence-electron chi connectivity index (χ4n) is 3.02. The molecule has 0 saturated carbocycles. The molecule has 20 heteroatoms. The van der Waals surface area contributed by atoms with Crippen molar-refractivity contribution < 1.29 is 89.3 Å². The van der Waals surface area contributed by atoms with Gasteiger partial charge in [0.2, 0.25) is 0 Å². The molecule has 0 heterocycles. The fraction of sp³-hybridized carbons (Fsp3) is 0.650. The lowest BCUT2D eigenvalue weighted by Crippen LogP contribution is -2.74. The van der Waals surface area contributed by atoms with Gasteiger partial charge in [0.25, 0.3) is 0 Å². The number of alkyl halides is 17. The molecule has 1 atom stereocenters. The molecule has 0 aromatic heterocycles. The van der Waals surface area contributed by atoms with Crippen LogP contribution in [-0.2, 0) is 10.3 Å². The van der Waals surface area contributed by atoms with Crippen LogP contribution in [0.5, 0.6) is 0 Å². The van der Waals surface area contributed by atoms with Crippen molar-refractivity contribution in [2.45, 2.75) is 73.5 Å². The second-order valence-electron chi connectivity index (χ2n) is 8.40. The minimum atomic E-state index is -8.73. The van der Waals surface area contributed by atoms with Crippen molar-refractivity contribution in [1.82, 2.24) is 0 Å². The molecule has 0 radical (unpaired) electrons. The number of carbonyl (C=O) groups excluding carboxylic acids is 1. The lowest BCUT2D eigenvalue weighted by molar-refractivity contribution is -0.462. The Hall–Kier alpha value is -2.54. The molecule has 0 aliphatic carbocycles. The third-order valence-electron chi connectivity index (χ3n) is 5.37. The van der Waals surface area contributed by atoms with Gasteiger partial charge in [-0.05, 0) is 31.5 Å². The Morgan fingerprint density at radius 3 is 1.35 bits per heavy atom. The number of hydrogen-bond acceptors (Lipinski definition) is 3. The molecule has 1 aromatic carbocycles. The number of carbonyl (C=O) groups is 1. The molecule has 0 fully saturated rings. The molecule has 0 aliphatic heterocycles. The molecular formula is C20H15F17O3. The fourth-order valence-corrected chi connectivity index (χ4v) is 3.02. The standard InChI is InChI=1S/C20H15F17O3/c1-3-40-11(38)9-4-6-10(7-5-9)12(2,39)8-13(21,22)14(23,24)15(25,26)16(27,28)17(29,30)18(31,32)19(33,34)20(35,36)37/h4-7,39H,3,8H2,1-2H3. The van der Waals surface area contributed by atoms with Crippen LogP contribution in [0, 0.1) is 0 Å². The van der Waals surface area contributed by atoms with Crippen LogP contribution >= 0.6 is 0 Å². The highest BCUT2D eigenvalue weighted by molar-refractivity contribution is 5.89. The summed E-state index contributed by atoms with van der Waals surface area (Å²) in [6.07, 6.45) is -10.9. The van der Waals surface area contributed by atoms with Gasteiger partial charge in [0, 0.05) is 0 Å². The molecule has 0 bridgehead atoms. The third-order valence-corrected chi connectivity index (χ3v) is 5.37. The van der Waals surface area contributed by atoms with Crippen molar-refractivity contribution in [3.63, 3.8) is 0 Å². The number of aliphatic hydroxyl groups is 1. The minimum Gasteiger partial charge on any atom is -0.462 e. The van der Waals surface area contributed by atoms with Gasteiger partial charge >= 0.3 is 53.6 Å². The molecule has 1 unspecified atom stereocenters. The summed E-state index contributed by atoms with van der Waals surface area (Å²) in [5.74, 6) is -58.4. The maximum atomic E-state index is 14.3. The molecule has 232 valence electrons. The van der Waals surface area contributed by atoms with Crippen molar-refractivity contribution in [2.75, 3.05) is 6.61 Å². The molecule has 0 amide bonds. The number of benzene rings is 1. The molecule has 1 rings (SSSR count). The van der Waals surface area contributed by atoms with Crippen LogP contribution in [0.4, 0.5) is 74.6 Å². The Balaban J connectivity index is 3.54. The summed E-state index contributed by atoms with van der Waals surface area (Å²) < 4.78 is 232. The van der Waals surface area contributed by atoms with Gasteiger partial charge in [-0.1, -0.05) is 12.1 Å². The van der Waals surface area contributed by atoms with Gasteiger partial charge in [0.15, 0.2) is 0 Å². The first kappa shape index (κ1) is 35.5. The first-order valence-electron chi connectivity index (χ1n) is 10.1. The van der Waals surface area contributed by atoms with Gasteiger partial charge in [-0.3, -0.25) is 0 Å². The first-order chi connectivity index (χ1) is 17.4. The summed E-state index contributed by atoms with van der Waals surface area (Å²) in [7, 11) is 0. The average molecular weight is 626 g/mol. The zero-order valence-corrected chi connectivity index (χ0v) is 19.4. The maximum Gasteiger partial charge on any atom is 0.460 e. The van der Waals surface area contributed by atoms with Crippen molar-refractivity contribution in [1.29, 1.82) is 0 Å². The van der Waals surface area contributed by atoms with Crippen LogP contribution in [0.15, 0.2) is 24.3 Å². The van der Waals surface area contributed by atoms with Gasteiger partial charge in [0.05, 0.1) is 24.2 Å². The highest BCUT2D eigenvalue weighted by Gasteiger charge is 2.95. The third kappa shape index (κ3) is 5.26. The van der Waals surface area contributed by atoms with Crippen LogP contribution in [0.2, 0.25) is 0 Å². The molecular weight excluding hydrogens is 611 g/mol.